The summed E-state index contributed by atoms with van der Waals surface area (Å²) >= 11 is 0. The summed E-state index contributed by atoms with van der Waals surface area (Å²) in [5.41, 5.74) is 3.28. The van der Waals surface area contributed by atoms with Crippen molar-refractivity contribution in [3.8, 4) is 28.6 Å². The van der Waals surface area contributed by atoms with Gasteiger partial charge in [-0.25, -0.2) is 23.3 Å². The zero-order valence-corrected chi connectivity index (χ0v) is 38.0. The third kappa shape index (κ3) is 9.05. The number of carbonyl (C=O) groups is 3. The fraction of sp³-hybridized carbons (Fsp3) is 0.500. The number of aromatic nitrogens is 6. The number of hydrogen-bond acceptors (Lipinski definition) is 12. The van der Waals surface area contributed by atoms with E-state index in [2.05, 4.69) is 43.8 Å². The van der Waals surface area contributed by atoms with E-state index in [0.29, 0.717) is 54.7 Å². The smallest absolute Gasteiger partial charge is 0.249 e. The van der Waals surface area contributed by atoms with Crippen LogP contribution in [0.25, 0.3) is 28.0 Å². The predicted octanol–water partition coefficient (Wildman–Crippen LogP) is 6.24. The van der Waals surface area contributed by atoms with Gasteiger partial charge in [0.05, 0.1) is 41.4 Å². The molecule has 1 saturated carbocycles. The zero-order valence-electron chi connectivity index (χ0n) is 38.0. The second-order valence-electron chi connectivity index (χ2n) is 19.3. The molecule has 3 N–H and O–H groups in total. The molecule has 4 fully saturated rings. The van der Waals surface area contributed by atoms with Crippen molar-refractivity contribution in [3.05, 3.63) is 72.4 Å². The van der Waals surface area contributed by atoms with Gasteiger partial charge < -0.3 is 20.4 Å². The molecule has 0 bridgehead atoms. The molecule has 0 unspecified atom stereocenters. The van der Waals surface area contributed by atoms with Crippen LogP contribution in [0.15, 0.2) is 55.2 Å². The van der Waals surface area contributed by atoms with Crippen LogP contribution in [0.4, 0.5) is 26.0 Å². The molecule has 3 amide bonds. The number of nitriles is 1. The third-order valence-corrected chi connectivity index (χ3v) is 14.0. The number of imide groups is 1. The van der Waals surface area contributed by atoms with Gasteiger partial charge in [0.25, 0.3) is 0 Å². The molecule has 7 heterocycles. The topological polar surface area (TPSA) is 182 Å². The molecule has 0 spiro atoms. The van der Waals surface area contributed by atoms with Gasteiger partial charge in [0.2, 0.25) is 17.7 Å². The molecule has 1 aromatic carbocycles. The Labute approximate surface area is 382 Å². The van der Waals surface area contributed by atoms with Crippen LogP contribution in [-0.2, 0) is 14.4 Å². The largest absolute Gasteiger partial charge is 0.373 e. The van der Waals surface area contributed by atoms with Gasteiger partial charge in [0.15, 0.2) is 11.6 Å². The first kappa shape index (κ1) is 44.7. The van der Waals surface area contributed by atoms with E-state index in [1.165, 1.54) is 12.1 Å². The van der Waals surface area contributed by atoms with Crippen LogP contribution < -0.4 is 25.8 Å². The van der Waals surface area contributed by atoms with Crippen LogP contribution >= 0.6 is 0 Å². The highest BCUT2D eigenvalue weighted by Crippen LogP contribution is 2.38. The molecule has 66 heavy (non-hydrogen) atoms. The highest BCUT2D eigenvalue weighted by molar-refractivity contribution is 6.01. The number of anilines is 3. The molecular weight excluding hydrogens is 845 g/mol. The van der Waals surface area contributed by atoms with Crippen molar-refractivity contribution < 1.29 is 23.2 Å². The zero-order chi connectivity index (χ0) is 46.3. The highest BCUT2D eigenvalue weighted by atomic mass is 19.1. The first-order valence-electron chi connectivity index (χ1n) is 23.2. The van der Waals surface area contributed by atoms with Crippen molar-refractivity contribution in [1.82, 2.24) is 44.9 Å². The van der Waals surface area contributed by atoms with E-state index in [0.717, 1.165) is 75.0 Å². The van der Waals surface area contributed by atoms with Gasteiger partial charge in [-0.15, -0.1) is 0 Å². The van der Waals surface area contributed by atoms with Crippen LogP contribution in [0, 0.1) is 28.4 Å². The Balaban J connectivity index is 0.821. The molecular formula is C48H57F2N13O3. The van der Waals surface area contributed by atoms with Crippen LogP contribution in [-0.4, -0.2) is 109 Å². The molecule has 18 heteroatoms. The number of pyridine rings is 1. The molecule has 4 aliphatic rings. The lowest BCUT2D eigenvalue weighted by Gasteiger charge is -2.42. The number of halogens is 2. The number of nitrogens with one attached hydrogen (secondary N) is 3. The molecule has 9 rings (SSSR count). The monoisotopic (exact) mass is 901 g/mol. The summed E-state index contributed by atoms with van der Waals surface area (Å²) in [5, 5.41) is 27.6. The van der Waals surface area contributed by atoms with E-state index in [4.69, 9.17) is 15.1 Å². The van der Waals surface area contributed by atoms with Crippen molar-refractivity contribution >= 4 is 40.4 Å². The molecule has 1 atom stereocenters. The van der Waals surface area contributed by atoms with E-state index in [1.807, 2.05) is 56.2 Å². The van der Waals surface area contributed by atoms with E-state index >= 15 is 8.78 Å². The van der Waals surface area contributed by atoms with Gasteiger partial charge in [-0.2, -0.15) is 15.5 Å². The number of benzene rings is 1. The standard InChI is InChI=1S/C48H57F2N13O3/c1-5-48(46(66)58-47(2,3)4)14-16-60(17-15-48)40-12-6-30(25-52-40)42-43-31(24-51)26-54-63(43)29-39(56-42)32-27-53-62(28-32)35-9-7-34(8-10-35)59-18-20-61(21-19-59)44-36(49)22-33(23-37(44)50)55-38-11-13-41(64)57-45(38)65/h6,12,22-23,25-29,34-35,38,55H,5,7-11,13-21H2,1-4H3,(H,58,66)(H,57,64,65)/t34?,35?,38-/m1/s1. The first-order chi connectivity index (χ1) is 31.7. The van der Waals surface area contributed by atoms with Gasteiger partial charge in [0, 0.05) is 86.5 Å². The molecule has 0 radical (unpaired) electrons. The SMILES string of the molecule is CCC1(C(=O)NC(C)(C)C)CCN(c2ccc(-c3nc(-c4cnn(C5CCC(N6CCN(c7c(F)cc(N[C@@H]8CCC(=O)NC8=O)cc7F)CC6)CC5)c4)cn4ncc(C#N)c34)cn2)CC1. The lowest BCUT2D eigenvalue weighted by molar-refractivity contribution is -0.135. The summed E-state index contributed by atoms with van der Waals surface area (Å²) < 4.78 is 34.5. The summed E-state index contributed by atoms with van der Waals surface area (Å²) in [6.07, 6.45) is 15.5. The minimum Gasteiger partial charge on any atom is -0.373 e. The van der Waals surface area contributed by atoms with Gasteiger partial charge >= 0.3 is 0 Å². The highest BCUT2D eigenvalue weighted by Gasteiger charge is 2.41. The lowest BCUT2D eigenvalue weighted by Crippen LogP contribution is -2.53. The van der Waals surface area contributed by atoms with Gasteiger partial charge in [0.1, 0.15) is 34.7 Å². The summed E-state index contributed by atoms with van der Waals surface area (Å²) in [6.45, 7) is 11.9. The number of piperazine rings is 1. The number of piperidine rings is 2. The van der Waals surface area contributed by atoms with E-state index < -0.39 is 29.0 Å². The van der Waals surface area contributed by atoms with E-state index in [9.17, 15) is 19.6 Å². The average molecular weight is 902 g/mol. The maximum absolute atomic E-state index is 15.4. The number of hydrogen-bond donors (Lipinski definition) is 3. The molecule has 4 aromatic heterocycles. The van der Waals surface area contributed by atoms with Crippen LogP contribution in [0.3, 0.4) is 0 Å². The molecule has 5 aromatic rings. The van der Waals surface area contributed by atoms with Crippen molar-refractivity contribution in [2.24, 2.45) is 5.41 Å². The Morgan fingerprint density at radius 3 is 2.24 bits per heavy atom. The summed E-state index contributed by atoms with van der Waals surface area (Å²) in [6, 6.07) is 8.48. The van der Waals surface area contributed by atoms with Crippen LogP contribution in [0.2, 0.25) is 0 Å². The third-order valence-electron chi connectivity index (χ3n) is 14.0. The minimum atomic E-state index is -0.733. The van der Waals surface area contributed by atoms with Crippen LogP contribution in [0.1, 0.15) is 97.1 Å². The minimum absolute atomic E-state index is 0.0632. The molecule has 3 saturated heterocycles. The lowest BCUT2D eigenvalue weighted by atomic mass is 9.75. The molecule has 1 aliphatic carbocycles. The fourth-order valence-electron chi connectivity index (χ4n) is 10.2. The maximum Gasteiger partial charge on any atom is 0.249 e. The maximum atomic E-state index is 15.4. The normalized spacial score (nSPS) is 21.7. The van der Waals surface area contributed by atoms with Crippen molar-refractivity contribution in [1.29, 1.82) is 5.26 Å². The first-order valence-corrected chi connectivity index (χ1v) is 23.2. The van der Waals surface area contributed by atoms with Crippen molar-refractivity contribution in [2.45, 2.75) is 109 Å². The molecule has 16 nitrogen and oxygen atoms in total. The van der Waals surface area contributed by atoms with E-state index in [-0.39, 0.29) is 47.6 Å². The Hall–Kier alpha value is -6.48. The second-order valence-corrected chi connectivity index (χ2v) is 19.3. The predicted molar refractivity (Wildman–Crippen MR) is 245 cm³/mol. The molecule has 346 valence electrons. The van der Waals surface area contributed by atoms with Gasteiger partial charge in [-0.05, 0) is 96.4 Å². The van der Waals surface area contributed by atoms with E-state index in [1.54, 1.807) is 21.8 Å². The fourth-order valence-corrected chi connectivity index (χ4v) is 10.2. The quantitative estimate of drug-likeness (QED) is 0.135. The average Bonchev–Trinajstić information content (AvgIpc) is 3.98. The Morgan fingerprint density at radius 2 is 1.61 bits per heavy atom. The number of rotatable bonds is 10. The van der Waals surface area contributed by atoms with Gasteiger partial charge in [-0.1, -0.05) is 6.92 Å². The number of carbonyl (C=O) groups excluding carboxylic acids is 3. The summed E-state index contributed by atoms with van der Waals surface area (Å²) in [5.74, 6) is -1.29. The number of amides is 3. The Kier molecular flexibility index (Phi) is 12.2. The van der Waals surface area contributed by atoms with Crippen molar-refractivity contribution in [2.75, 3.05) is 54.4 Å². The number of fused-ring (bicyclic) bond motifs is 1. The van der Waals surface area contributed by atoms with Crippen LogP contribution in [0.5, 0.6) is 0 Å². The molecule has 3 aliphatic heterocycles. The second kappa shape index (κ2) is 18.1. The summed E-state index contributed by atoms with van der Waals surface area (Å²) in [4.78, 5) is 53.3. The number of nitrogens with zero attached hydrogens (tertiary/aromatic N) is 10. The Morgan fingerprint density at radius 1 is 0.894 bits per heavy atom. The van der Waals surface area contributed by atoms with Crippen molar-refractivity contribution in [3.63, 3.8) is 0 Å². The Bertz CT molecular complexity index is 2640. The van der Waals surface area contributed by atoms with Gasteiger partial charge in [-0.3, -0.25) is 29.3 Å². The summed E-state index contributed by atoms with van der Waals surface area (Å²) in [7, 11) is 0.